The first-order valence-electron chi connectivity index (χ1n) is 5.11. The molecule has 0 aliphatic rings. The van der Waals surface area contributed by atoms with Gasteiger partial charge in [0.25, 0.3) is 0 Å². The van der Waals surface area contributed by atoms with Crippen LogP contribution in [0, 0.1) is 0 Å². The van der Waals surface area contributed by atoms with Gasteiger partial charge in [0.05, 0.1) is 0 Å². The van der Waals surface area contributed by atoms with Crippen molar-refractivity contribution >= 4 is 19.7 Å². The van der Waals surface area contributed by atoms with Crippen molar-refractivity contribution < 1.29 is 4.79 Å². The molecule has 0 amide bonds. The monoisotopic (exact) mass is 214 g/mol. The molecule has 0 aliphatic heterocycles. The first kappa shape index (κ1) is 13.4. The lowest BCUT2D eigenvalue weighted by Crippen LogP contribution is -2.40. The van der Waals surface area contributed by atoms with Crippen LogP contribution in [0.25, 0.3) is 0 Å². The van der Waals surface area contributed by atoms with Gasteiger partial charge in [-0.15, -0.1) is 0 Å². The Kier molecular flexibility index (Phi) is 5.05. The molecule has 14 heavy (non-hydrogen) atoms. The molecule has 0 radical (unpaired) electrons. The quantitative estimate of drug-likeness (QED) is 0.400. The summed E-state index contributed by atoms with van der Waals surface area (Å²) in [5, 5.41) is 4.40. The molecular formula is C10H22N2OSi. The molecule has 0 atom stereocenters. The van der Waals surface area contributed by atoms with Crippen LogP contribution in [0.3, 0.4) is 0 Å². The molecule has 0 saturated carbocycles. The van der Waals surface area contributed by atoms with Gasteiger partial charge in [0.1, 0.15) is 5.71 Å². The third-order valence-corrected chi connectivity index (χ3v) is 4.18. The van der Waals surface area contributed by atoms with Crippen molar-refractivity contribution in [1.29, 1.82) is 0 Å². The Labute approximate surface area is 88.3 Å². The summed E-state index contributed by atoms with van der Waals surface area (Å²) in [7, 11) is 0.558. The molecule has 0 N–H and O–H groups in total. The molecule has 4 heteroatoms. The number of nitrogens with zero attached hydrogens (tertiary/aromatic N) is 2. The summed E-state index contributed by atoms with van der Waals surface area (Å²) in [6.07, 6.45) is 1.75. The standard InChI is InChI=1S/C10H22N2OSi/c1-7-8-10(9(2)13)11-12(3)14(4,5)6/h7-8H2,1-6H3. The average molecular weight is 214 g/mol. The van der Waals surface area contributed by atoms with Crippen LogP contribution >= 0.6 is 0 Å². The molecule has 82 valence electrons. The Morgan fingerprint density at radius 1 is 1.36 bits per heavy atom. The maximum atomic E-state index is 11.3. The van der Waals surface area contributed by atoms with Gasteiger partial charge in [-0.05, 0) is 6.42 Å². The maximum Gasteiger partial charge on any atom is 0.175 e. The van der Waals surface area contributed by atoms with Gasteiger partial charge in [-0.2, -0.15) is 5.10 Å². The van der Waals surface area contributed by atoms with Gasteiger partial charge < -0.3 is 4.67 Å². The largest absolute Gasteiger partial charge is 0.327 e. The van der Waals surface area contributed by atoms with Crippen molar-refractivity contribution in [3.63, 3.8) is 0 Å². The zero-order chi connectivity index (χ0) is 11.4. The Morgan fingerprint density at radius 3 is 2.14 bits per heavy atom. The van der Waals surface area contributed by atoms with Crippen LogP contribution in [-0.2, 0) is 4.79 Å². The van der Waals surface area contributed by atoms with Crippen LogP contribution in [-0.4, -0.2) is 31.5 Å². The summed E-state index contributed by atoms with van der Waals surface area (Å²) >= 11 is 0. The van der Waals surface area contributed by atoms with E-state index in [4.69, 9.17) is 0 Å². The second-order valence-electron chi connectivity index (χ2n) is 4.55. The van der Waals surface area contributed by atoms with Crippen LogP contribution in [0.15, 0.2) is 5.10 Å². The third-order valence-electron chi connectivity index (χ3n) is 2.13. The lowest BCUT2D eigenvalue weighted by molar-refractivity contribution is -0.111. The molecule has 0 bridgehead atoms. The van der Waals surface area contributed by atoms with Crippen LogP contribution in [0.1, 0.15) is 26.7 Å². The zero-order valence-electron chi connectivity index (χ0n) is 10.2. The van der Waals surface area contributed by atoms with Crippen molar-refractivity contribution in [3.8, 4) is 0 Å². The van der Waals surface area contributed by atoms with Crippen molar-refractivity contribution in [3.05, 3.63) is 0 Å². The molecule has 0 aromatic rings. The molecule has 0 saturated heterocycles. The van der Waals surface area contributed by atoms with Crippen molar-refractivity contribution in [2.24, 2.45) is 5.10 Å². The number of rotatable bonds is 5. The van der Waals surface area contributed by atoms with E-state index in [-0.39, 0.29) is 5.78 Å². The van der Waals surface area contributed by atoms with Gasteiger partial charge in [0, 0.05) is 14.0 Å². The molecule has 0 spiro atoms. The zero-order valence-corrected chi connectivity index (χ0v) is 11.2. The Morgan fingerprint density at radius 2 is 1.86 bits per heavy atom. The molecule has 3 nitrogen and oxygen atoms in total. The van der Waals surface area contributed by atoms with E-state index in [1.807, 2.05) is 11.7 Å². The minimum absolute atomic E-state index is 0.0944. The topological polar surface area (TPSA) is 32.7 Å². The summed E-state index contributed by atoms with van der Waals surface area (Å²) in [5.41, 5.74) is 0.706. The van der Waals surface area contributed by atoms with Crippen molar-refractivity contribution in [2.45, 2.75) is 46.3 Å². The van der Waals surface area contributed by atoms with Gasteiger partial charge in [-0.25, -0.2) is 0 Å². The number of Topliss-reactive ketones (excluding diaryl/α,β-unsaturated/α-hetero) is 1. The molecular weight excluding hydrogens is 192 g/mol. The summed E-state index contributed by atoms with van der Waals surface area (Å²) in [5.74, 6) is 0.0944. The van der Waals surface area contributed by atoms with E-state index in [0.29, 0.717) is 5.71 Å². The molecule has 0 unspecified atom stereocenters. The number of hydrogen-bond donors (Lipinski definition) is 0. The average Bonchev–Trinajstić information content (AvgIpc) is 2.01. The molecule has 0 heterocycles. The first-order chi connectivity index (χ1) is 6.29. The van der Waals surface area contributed by atoms with Crippen LogP contribution in [0.4, 0.5) is 0 Å². The Hall–Kier alpha value is -0.643. The molecule has 0 rings (SSSR count). The highest BCUT2D eigenvalue weighted by Crippen LogP contribution is 2.08. The predicted octanol–water partition coefficient (Wildman–Crippen LogP) is 2.50. The minimum Gasteiger partial charge on any atom is -0.327 e. The fraction of sp³-hybridized carbons (Fsp3) is 0.800. The highest BCUT2D eigenvalue weighted by atomic mass is 28.3. The van der Waals surface area contributed by atoms with Crippen LogP contribution in [0.5, 0.6) is 0 Å². The van der Waals surface area contributed by atoms with E-state index in [2.05, 4.69) is 31.7 Å². The number of carbonyl (C=O) groups is 1. The number of carbonyl (C=O) groups excluding carboxylic acids is 1. The van der Waals surface area contributed by atoms with Gasteiger partial charge in [0.2, 0.25) is 0 Å². The van der Waals surface area contributed by atoms with Crippen molar-refractivity contribution in [2.75, 3.05) is 7.05 Å². The van der Waals surface area contributed by atoms with Gasteiger partial charge in [-0.1, -0.05) is 33.0 Å². The Bertz CT molecular complexity index is 231. The van der Waals surface area contributed by atoms with Gasteiger partial charge in [-0.3, -0.25) is 4.79 Å². The number of ketones is 1. The smallest absolute Gasteiger partial charge is 0.175 e. The SMILES string of the molecule is CCCC(=NN(C)[Si](C)(C)C)C(C)=O. The van der Waals surface area contributed by atoms with E-state index in [9.17, 15) is 4.79 Å². The van der Waals surface area contributed by atoms with E-state index >= 15 is 0 Å². The summed E-state index contributed by atoms with van der Waals surface area (Å²) in [6, 6.07) is 0. The summed E-state index contributed by atoms with van der Waals surface area (Å²) in [6.45, 7) is 10.3. The fourth-order valence-electron chi connectivity index (χ4n) is 0.864. The third kappa shape index (κ3) is 4.55. The van der Waals surface area contributed by atoms with Crippen molar-refractivity contribution in [1.82, 2.24) is 4.67 Å². The van der Waals surface area contributed by atoms with E-state index in [1.165, 1.54) is 0 Å². The second-order valence-corrected chi connectivity index (χ2v) is 9.54. The van der Waals surface area contributed by atoms with E-state index in [0.717, 1.165) is 12.8 Å². The highest BCUT2D eigenvalue weighted by molar-refractivity contribution is 6.73. The fourth-order valence-corrected chi connectivity index (χ4v) is 1.29. The Balaban J connectivity index is 4.65. The summed E-state index contributed by atoms with van der Waals surface area (Å²) < 4.78 is 1.99. The second kappa shape index (κ2) is 5.29. The van der Waals surface area contributed by atoms with Gasteiger partial charge >= 0.3 is 0 Å². The maximum absolute atomic E-state index is 11.3. The molecule has 0 aromatic carbocycles. The van der Waals surface area contributed by atoms with E-state index < -0.39 is 8.24 Å². The normalized spacial score (nSPS) is 12.9. The highest BCUT2D eigenvalue weighted by Gasteiger charge is 2.20. The molecule has 0 fully saturated rings. The minimum atomic E-state index is -1.40. The first-order valence-corrected chi connectivity index (χ1v) is 8.56. The molecule has 0 aromatic heterocycles. The van der Waals surface area contributed by atoms with Crippen LogP contribution in [0.2, 0.25) is 19.6 Å². The van der Waals surface area contributed by atoms with Gasteiger partial charge in [0.15, 0.2) is 14.0 Å². The lowest BCUT2D eigenvalue weighted by Gasteiger charge is -2.27. The van der Waals surface area contributed by atoms with Crippen LogP contribution < -0.4 is 0 Å². The molecule has 0 aliphatic carbocycles. The number of hydrazone groups is 1. The number of hydrogen-bond acceptors (Lipinski definition) is 3. The lowest BCUT2D eigenvalue weighted by atomic mass is 10.2. The predicted molar refractivity (Wildman–Crippen MR) is 64.1 cm³/mol. The summed E-state index contributed by atoms with van der Waals surface area (Å²) in [4.78, 5) is 11.3. The van der Waals surface area contributed by atoms with E-state index in [1.54, 1.807) is 6.92 Å².